The van der Waals surface area contributed by atoms with E-state index in [1.54, 1.807) is 30.3 Å². The Morgan fingerprint density at radius 1 is 1.00 bits per heavy atom. The molecule has 0 aromatic heterocycles. The summed E-state index contributed by atoms with van der Waals surface area (Å²) in [7, 11) is 0. The number of nitrogens with zero attached hydrogens (tertiary/aromatic N) is 2. The molecule has 3 aromatic rings. The van der Waals surface area contributed by atoms with Crippen LogP contribution in [0.1, 0.15) is 48.5 Å². The van der Waals surface area contributed by atoms with Gasteiger partial charge in [-0.3, -0.25) is 9.59 Å². The van der Waals surface area contributed by atoms with Gasteiger partial charge in [0.05, 0.1) is 11.6 Å². The zero-order chi connectivity index (χ0) is 28.5. The molecule has 1 aliphatic heterocycles. The van der Waals surface area contributed by atoms with Gasteiger partial charge in [-0.15, -0.1) is 0 Å². The maximum atomic E-state index is 15.1. The molecule has 1 saturated carbocycles. The predicted octanol–water partition coefficient (Wildman–Crippen LogP) is 5.57. The van der Waals surface area contributed by atoms with E-state index >= 15 is 8.78 Å². The van der Waals surface area contributed by atoms with E-state index < -0.39 is 40.1 Å². The summed E-state index contributed by atoms with van der Waals surface area (Å²) < 4.78 is 30.2. The van der Waals surface area contributed by atoms with Crippen LogP contribution in [0.5, 0.6) is 0 Å². The molecule has 1 atom stereocenters. The summed E-state index contributed by atoms with van der Waals surface area (Å²) in [5.41, 5.74) is -2.23. The molecule has 40 heavy (non-hydrogen) atoms. The lowest BCUT2D eigenvalue weighted by Crippen LogP contribution is -2.62. The number of carbonyl (C=O) groups is 2. The number of hydrogen-bond acceptors (Lipinski definition) is 4. The molecule has 206 valence electrons. The summed E-state index contributed by atoms with van der Waals surface area (Å²) in [5.74, 6) is -3.54. The molecule has 3 aromatic carbocycles. The molecule has 6 nitrogen and oxygen atoms in total. The first-order chi connectivity index (χ1) is 19.2. The smallest absolute Gasteiger partial charge is 0.252 e. The molecule has 1 heterocycles. The highest BCUT2D eigenvalue weighted by Crippen LogP contribution is 2.34. The van der Waals surface area contributed by atoms with Crippen molar-refractivity contribution in [2.45, 2.75) is 49.7 Å². The highest BCUT2D eigenvalue weighted by atomic mass is 35.5. The number of nitrogens with one attached hydrogen (secondary N) is 2. The molecule has 1 saturated heterocycles. The predicted molar refractivity (Wildman–Crippen MR) is 148 cm³/mol. The number of piperidine rings is 1. The molecule has 2 amide bonds. The number of halogens is 3. The fourth-order valence-electron chi connectivity index (χ4n) is 5.32. The minimum atomic E-state index is -2.15. The topological polar surface area (TPSA) is 85.2 Å². The van der Waals surface area contributed by atoms with Gasteiger partial charge in [-0.1, -0.05) is 48.0 Å². The van der Waals surface area contributed by atoms with Gasteiger partial charge in [0.2, 0.25) is 0 Å². The minimum absolute atomic E-state index is 0.180. The summed E-state index contributed by atoms with van der Waals surface area (Å²) in [5, 5.41) is 15.9. The normalized spacial score (nSPS) is 18.3. The van der Waals surface area contributed by atoms with Gasteiger partial charge in [0.1, 0.15) is 22.7 Å². The first kappa shape index (κ1) is 27.8. The first-order valence-electron chi connectivity index (χ1n) is 13.3. The number of carbonyl (C=O) groups excluding carboxylic acids is 2. The highest BCUT2D eigenvalue weighted by molar-refractivity contribution is 6.33. The number of rotatable bonds is 7. The van der Waals surface area contributed by atoms with Crippen LogP contribution in [-0.2, 0) is 10.3 Å². The maximum Gasteiger partial charge on any atom is 0.252 e. The number of amides is 2. The summed E-state index contributed by atoms with van der Waals surface area (Å²) >= 11 is 6.29. The van der Waals surface area contributed by atoms with Gasteiger partial charge in [-0.25, -0.2) is 8.78 Å². The van der Waals surface area contributed by atoms with Crippen molar-refractivity contribution in [2.75, 3.05) is 13.1 Å². The van der Waals surface area contributed by atoms with Gasteiger partial charge in [0.25, 0.3) is 11.8 Å². The Morgan fingerprint density at radius 3 is 2.20 bits per heavy atom. The lowest BCUT2D eigenvalue weighted by molar-refractivity contribution is -0.129. The van der Waals surface area contributed by atoms with E-state index in [1.165, 1.54) is 13.0 Å². The van der Waals surface area contributed by atoms with E-state index in [0.717, 1.165) is 36.1 Å². The second kappa shape index (κ2) is 11.0. The van der Waals surface area contributed by atoms with Gasteiger partial charge in [-0.2, -0.15) is 5.26 Å². The Labute approximate surface area is 236 Å². The third kappa shape index (κ3) is 5.45. The van der Waals surface area contributed by atoms with Gasteiger partial charge >= 0.3 is 0 Å². The summed E-state index contributed by atoms with van der Waals surface area (Å²) in [6.07, 6.45) is 3.00. The molecule has 9 heteroatoms. The van der Waals surface area contributed by atoms with Crippen LogP contribution in [0.4, 0.5) is 8.78 Å². The molecule has 0 radical (unpaired) electrons. The van der Waals surface area contributed by atoms with Crippen molar-refractivity contribution < 1.29 is 18.4 Å². The van der Waals surface area contributed by atoms with Gasteiger partial charge in [-0.05, 0) is 68.5 Å². The van der Waals surface area contributed by atoms with Crippen LogP contribution in [-0.4, -0.2) is 41.4 Å². The number of nitriles is 1. The number of likely N-dealkylation sites (tertiary alicyclic amines) is 1. The summed E-state index contributed by atoms with van der Waals surface area (Å²) in [6.45, 7) is 2.52. The van der Waals surface area contributed by atoms with E-state index in [0.29, 0.717) is 37.0 Å². The number of benzene rings is 3. The average Bonchev–Trinajstić information content (AvgIpc) is 3.79. The Hall–Kier alpha value is -3.80. The van der Waals surface area contributed by atoms with Gasteiger partial charge in [0.15, 0.2) is 0 Å². The van der Waals surface area contributed by atoms with Crippen LogP contribution in [0.2, 0.25) is 5.02 Å². The molecular formula is C31H29ClF2N4O2. The molecule has 0 unspecified atom stereocenters. The molecule has 0 bridgehead atoms. The zero-order valence-corrected chi connectivity index (χ0v) is 22.8. The van der Waals surface area contributed by atoms with Crippen molar-refractivity contribution in [3.63, 3.8) is 0 Å². The van der Waals surface area contributed by atoms with E-state index in [9.17, 15) is 14.9 Å². The second-order valence-corrected chi connectivity index (χ2v) is 11.1. The van der Waals surface area contributed by atoms with Crippen LogP contribution in [0.3, 0.4) is 0 Å². The fraction of sp³-hybridized carbons (Fsp3) is 0.323. The molecule has 0 spiro atoms. The minimum Gasteiger partial charge on any atom is -0.335 e. The van der Waals surface area contributed by atoms with Gasteiger partial charge < -0.3 is 15.5 Å². The average molecular weight is 563 g/mol. The number of hydrogen-bond donors (Lipinski definition) is 2. The third-order valence-electron chi connectivity index (χ3n) is 7.89. The van der Waals surface area contributed by atoms with Crippen LogP contribution in [0.25, 0.3) is 11.1 Å². The highest BCUT2D eigenvalue weighted by Gasteiger charge is 2.47. The van der Waals surface area contributed by atoms with E-state index in [-0.39, 0.29) is 5.56 Å². The first-order valence-corrected chi connectivity index (χ1v) is 13.6. The standard InChI is InChI=1S/C31H29ClF2N4O2/c1-30(27-25(33)7-4-8-26(27)34,29(40)37-31(19-35)15-17-38(18-16-31)22-13-14-22)36-28(39)21-11-9-20(10-12-21)23-5-2-3-6-24(23)32/h2-12,22H,13-18H2,1H3,(H,36,39)(H,37,40)/t30-/m0/s1. The molecular weight excluding hydrogens is 534 g/mol. The van der Waals surface area contributed by atoms with Crippen LogP contribution in [0.15, 0.2) is 66.7 Å². The van der Waals surface area contributed by atoms with Crippen molar-refractivity contribution in [2.24, 2.45) is 0 Å². The zero-order valence-electron chi connectivity index (χ0n) is 22.0. The quantitative estimate of drug-likeness (QED) is 0.394. The van der Waals surface area contributed by atoms with Crippen LogP contribution in [0, 0.1) is 23.0 Å². The van der Waals surface area contributed by atoms with E-state index in [1.807, 2.05) is 18.2 Å². The lowest BCUT2D eigenvalue weighted by Gasteiger charge is -2.40. The van der Waals surface area contributed by atoms with Crippen molar-refractivity contribution in [3.05, 3.63) is 94.5 Å². The Balaban J connectivity index is 1.42. The fourth-order valence-corrected chi connectivity index (χ4v) is 5.57. The largest absolute Gasteiger partial charge is 0.335 e. The lowest BCUT2D eigenvalue weighted by atomic mass is 9.84. The molecule has 1 aliphatic carbocycles. The summed E-state index contributed by atoms with van der Waals surface area (Å²) in [4.78, 5) is 29.5. The van der Waals surface area contributed by atoms with Crippen molar-refractivity contribution in [3.8, 4) is 17.2 Å². The molecule has 2 N–H and O–H groups in total. The molecule has 2 aliphatic rings. The molecule has 5 rings (SSSR count). The monoisotopic (exact) mass is 562 g/mol. The SMILES string of the molecule is C[C@@](NC(=O)c1ccc(-c2ccccc2Cl)cc1)(C(=O)NC1(C#N)CCN(C2CC2)CC1)c1c(F)cccc1F. The Bertz CT molecular complexity index is 1460. The second-order valence-electron chi connectivity index (χ2n) is 10.6. The third-order valence-corrected chi connectivity index (χ3v) is 8.22. The van der Waals surface area contributed by atoms with Crippen molar-refractivity contribution in [1.29, 1.82) is 5.26 Å². The summed E-state index contributed by atoms with van der Waals surface area (Å²) in [6, 6.07) is 19.8. The Morgan fingerprint density at radius 2 is 1.62 bits per heavy atom. The molecule has 2 fully saturated rings. The van der Waals surface area contributed by atoms with Crippen LogP contribution < -0.4 is 10.6 Å². The van der Waals surface area contributed by atoms with Gasteiger partial charge in [0, 0.05) is 35.3 Å². The Kier molecular flexibility index (Phi) is 7.63. The van der Waals surface area contributed by atoms with Crippen LogP contribution >= 0.6 is 11.6 Å². The van der Waals surface area contributed by atoms with Crippen molar-refractivity contribution >= 4 is 23.4 Å². The van der Waals surface area contributed by atoms with Crippen molar-refractivity contribution in [1.82, 2.24) is 15.5 Å². The van der Waals surface area contributed by atoms with E-state index in [4.69, 9.17) is 11.6 Å². The van der Waals surface area contributed by atoms with E-state index in [2.05, 4.69) is 21.6 Å². The maximum absolute atomic E-state index is 15.1.